The van der Waals surface area contributed by atoms with Crippen LogP contribution in [0.1, 0.15) is 38.4 Å². The number of H-pyrrole nitrogens is 1. The molecule has 0 aliphatic heterocycles. The summed E-state index contributed by atoms with van der Waals surface area (Å²) >= 11 is 0. The van der Waals surface area contributed by atoms with Gasteiger partial charge in [-0.1, -0.05) is 13.8 Å². The second kappa shape index (κ2) is 5.68. The van der Waals surface area contributed by atoms with Gasteiger partial charge in [0.2, 0.25) is 0 Å². The van der Waals surface area contributed by atoms with Gasteiger partial charge in [0.25, 0.3) is 10.0 Å². The summed E-state index contributed by atoms with van der Waals surface area (Å²) in [4.78, 5) is 0. The fourth-order valence-corrected chi connectivity index (χ4v) is 4.32. The maximum atomic E-state index is 12.5. The molecule has 7 nitrogen and oxygen atoms in total. The van der Waals surface area contributed by atoms with Crippen molar-refractivity contribution in [1.29, 1.82) is 0 Å². The number of aryl methyl sites for hydroxylation is 1. The molecule has 8 heteroatoms. The van der Waals surface area contributed by atoms with E-state index in [-0.39, 0.29) is 29.1 Å². The number of nitrogens with one attached hydrogen (secondary N) is 2. The summed E-state index contributed by atoms with van der Waals surface area (Å²) < 4.78 is 33.3. The number of rotatable bonds is 6. The Balaban J connectivity index is 2.16. The Morgan fingerprint density at radius 2 is 2.19 bits per heavy atom. The quantitative estimate of drug-likeness (QED) is 0.714. The van der Waals surface area contributed by atoms with Crippen molar-refractivity contribution in [1.82, 2.24) is 14.9 Å². The first kappa shape index (κ1) is 16.4. The Morgan fingerprint density at radius 3 is 2.71 bits per heavy atom. The molecule has 1 heterocycles. The topological polar surface area (TPSA) is 110 Å². The van der Waals surface area contributed by atoms with E-state index in [4.69, 9.17) is 10.5 Å². The molecule has 0 bridgehead atoms. The second-order valence-electron chi connectivity index (χ2n) is 6.01. The van der Waals surface area contributed by atoms with Gasteiger partial charge >= 0.3 is 0 Å². The molecule has 21 heavy (non-hydrogen) atoms. The van der Waals surface area contributed by atoms with Crippen LogP contribution in [0.15, 0.2) is 5.03 Å². The van der Waals surface area contributed by atoms with Crippen LogP contribution in [0.4, 0.5) is 0 Å². The molecule has 2 rings (SSSR count). The van der Waals surface area contributed by atoms with Crippen molar-refractivity contribution in [3.8, 4) is 0 Å². The highest BCUT2D eigenvalue weighted by Crippen LogP contribution is 2.43. The minimum absolute atomic E-state index is 0.00170. The molecule has 1 aliphatic rings. The lowest BCUT2D eigenvalue weighted by molar-refractivity contribution is -0.108. The van der Waals surface area contributed by atoms with Crippen LogP contribution in [0.2, 0.25) is 0 Å². The summed E-state index contributed by atoms with van der Waals surface area (Å²) in [7, 11) is -3.68. The van der Waals surface area contributed by atoms with Crippen molar-refractivity contribution in [2.24, 2.45) is 11.1 Å². The zero-order valence-corrected chi connectivity index (χ0v) is 13.8. The third kappa shape index (κ3) is 2.85. The SMILES string of the molecule is CCOC1CC(NS(=O)(=O)c2n[nH]c(C)c2CN)C1(C)C. The molecule has 1 aromatic rings. The fourth-order valence-electron chi connectivity index (χ4n) is 2.71. The van der Waals surface area contributed by atoms with Gasteiger partial charge < -0.3 is 10.5 Å². The third-order valence-corrected chi connectivity index (χ3v) is 5.78. The highest BCUT2D eigenvalue weighted by Gasteiger charge is 2.50. The predicted molar refractivity (Wildman–Crippen MR) is 79.1 cm³/mol. The normalized spacial score (nSPS) is 24.8. The first-order chi connectivity index (χ1) is 9.74. The molecular formula is C13H24N4O3S. The minimum Gasteiger partial charge on any atom is -0.378 e. The average Bonchev–Trinajstić information content (AvgIpc) is 2.79. The lowest BCUT2D eigenvalue weighted by Crippen LogP contribution is -2.62. The molecule has 4 N–H and O–H groups in total. The predicted octanol–water partition coefficient (Wildman–Crippen LogP) is 0.659. The number of aromatic nitrogens is 2. The molecule has 1 aliphatic carbocycles. The molecule has 0 aromatic carbocycles. The zero-order valence-electron chi connectivity index (χ0n) is 12.9. The molecule has 0 saturated heterocycles. The maximum Gasteiger partial charge on any atom is 0.260 e. The fraction of sp³-hybridized carbons (Fsp3) is 0.769. The number of aromatic amines is 1. The van der Waals surface area contributed by atoms with Gasteiger partial charge in [-0.15, -0.1) is 0 Å². The van der Waals surface area contributed by atoms with Crippen molar-refractivity contribution in [3.05, 3.63) is 11.3 Å². The minimum atomic E-state index is -3.68. The van der Waals surface area contributed by atoms with Gasteiger partial charge in [-0.2, -0.15) is 5.10 Å². The van der Waals surface area contributed by atoms with Crippen LogP contribution in [-0.4, -0.2) is 37.4 Å². The van der Waals surface area contributed by atoms with E-state index >= 15 is 0 Å². The van der Waals surface area contributed by atoms with Crippen LogP contribution < -0.4 is 10.5 Å². The van der Waals surface area contributed by atoms with Crippen LogP contribution in [0.3, 0.4) is 0 Å². The van der Waals surface area contributed by atoms with Crippen molar-refractivity contribution in [2.45, 2.75) is 57.8 Å². The Morgan fingerprint density at radius 1 is 1.52 bits per heavy atom. The molecule has 1 fully saturated rings. The highest BCUT2D eigenvalue weighted by molar-refractivity contribution is 7.89. The molecule has 1 aromatic heterocycles. The lowest BCUT2D eigenvalue weighted by atomic mass is 9.65. The smallest absolute Gasteiger partial charge is 0.260 e. The van der Waals surface area contributed by atoms with Gasteiger partial charge in [-0.25, -0.2) is 13.1 Å². The lowest BCUT2D eigenvalue weighted by Gasteiger charge is -2.51. The summed E-state index contributed by atoms with van der Waals surface area (Å²) in [5.74, 6) is 0. The Kier molecular flexibility index (Phi) is 4.44. The highest BCUT2D eigenvalue weighted by atomic mass is 32.2. The van der Waals surface area contributed by atoms with Crippen molar-refractivity contribution >= 4 is 10.0 Å². The Hall–Kier alpha value is -0.960. The van der Waals surface area contributed by atoms with Crippen molar-refractivity contribution in [2.75, 3.05) is 6.61 Å². The molecule has 0 radical (unpaired) electrons. The van der Waals surface area contributed by atoms with Gasteiger partial charge in [0.05, 0.1) is 6.10 Å². The molecule has 2 unspecified atom stereocenters. The number of nitrogens with two attached hydrogens (primary N) is 1. The molecule has 0 spiro atoms. The average molecular weight is 316 g/mol. The maximum absolute atomic E-state index is 12.5. The number of nitrogens with zero attached hydrogens (tertiary/aromatic N) is 1. The third-order valence-electron chi connectivity index (χ3n) is 4.34. The van der Waals surface area contributed by atoms with Crippen LogP contribution in [0.5, 0.6) is 0 Å². The first-order valence-corrected chi connectivity index (χ1v) is 8.60. The first-order valence-electron chi connectivity index (χ1n) is 7.11. The molecule has 0 amide bonds. The van der Waals surface area contributed by atoms with E-state index in [0.29, 0.717) is 24.3 Å². The molecule has 120 valence electrons. The van der Waals surface area contributed by atoms with E-state index in [0.717, 1.165) is 0 Å². The Labute approximate surface area is 125 Å². The number of sulfonamides is 1. The standard InChI is InChI=1S/C13H24N4O3S/c1-5-20-11-6-10(13(11,3)4)17-21(18,19)12-9(7-14)8(2)15-16-12/h10-11,17H,5-7,14H2,1-4H3,(H,15,16). The van der Waals surface area contributed by atoms with Crippen molar-refractivity contribution in [3.63, 3.8) is 0 Å². The van der Waals surface area contributed by atoms with E-state index in [1.807, 2.05) is 20.8 Å². The summed E-state index contributed by atoms with van der Waals surface area (Å²) in [5, 5.41) is 6.56. The number of hydrogen-bond acceptors (Lipinski definition) is 5. The van der Waals surface area contributed by atoms with Gasteiger partial charge in [-0.3, -0.25) is 5.10 Å². The molecule has 2 atom stereocenters. The van der Waals surface area contributed by atoms with E-state index < -0.39 is 10.0 Å². The van der Waals surface area contributed by atoms with Gasteiger partial charge in [0.1, 0.15) is 0 Å². The largest absolute Gasteiger partial charge is 0.378 e. The van der Waals surface area contributed by atoms with Gasteiger partial charge in [0, 0.05) is 35.9 Å². The van der Waals surface area contributed by atoms with Gasteiger partial charge in [0.15, 0.2) is 5.03 Å². The van der Waals surface area contributed by atoms with E-state index in [9.17, 15) is 8.42 Å². The van der Waals surface area contributed by atoms with Crippen LogP contribution >= 0.6 is 0 Å². The number of ether oxygens (including phenoxy) is 1. The van der Waals surface area contributed by atoms with E-state index in [1.165, 1.54) is 0 Å². The van der Waals surface area contributed by atoms with Crippen LogP contribution in [-0.2, 0) is 21.3 Å². The zero-order chi connectivity index (χ0) is 15.8. The monoisotopic (exact) mass is 316 g/mol. The summed E-state index contributed by atoms with van der Waals surface area (Å²) in [6.45, 7) is 8.46. The summed E-state index contributed by atoms with van der Waals surface area (Å²) in [5.41, 5.74) is 6.58. The molecule has 1 saturated carbocycles. The van der Waals surface area contributed by atoms with Crippen LogP contribution in [0.25, 0.3) is 0 Å². The summed E-state index contributed by atoms with van der Waals surface area (Å²) in [6.07, 6.45) is 0.742. The van der Waals surface area contributed by atoms with E-state index in [1.54, 1.807) is 6.92 Å². The Bertz CT molecular complexity index is 609. The van der Waals surface area contributed by atoms with Crippen molar-refractivity contribution < 1.29 is 13.2 Å². The second-order valence-corrected chi connectivity index (χ2v) is 7.64. The molecular weight excluding hydrogens is 292 g/mol. The van der Waals surface area contributed by atoms with Crippen LogP contribution in [0, 0.1) is 12.3 Å². The van der Waals surface area contributed by atoms with Gasteiger partial charge in [-0.05, 0) is 20.3 Å². The number of hydrogen-bond donors (Lipinski definition) is 3. The summed E-state index contributed by atoms with van der Waals surface area (Å²) in [6, 6.07) is -0.165. The van der Waals surface area contributed by atoms with E-state index in [2.05, 4.69) is 14.9 Å².